The van der Waals surface area contributed by atoms with Gasteiger partial charge in [0, 0.05) is 71.2 Å². The topological polar surface area (TPSA) is 87.0 Å². The molecule has 1 saturated heterocycles. The van der Waals surface area contributed by atoms with E-state index in [2.05, 4.69) is 46.7 Å². The number of aryl methyl sites for hydroxylation is 1. The number of rotatable bonds is 10. The Morgan fingerprint density at radius 3 is 2.53 bits per heavy atom. The van der Waals surface area contributed by atoms with E-state index in [0.29, 0.717) is 50.7 Å². The van der Waals surface area contributed by atoms with Gasteiger partial charge in [0.15, 0.2) is 5.82 Å². The third-order valence-corrected chi connectivity index (χ3v) is 6.71. The van der Waals surface area contributed by atoms with Gasteiger partial charge in [-0.1, -0.05) is 13.0 Å². The second-order valence-electron chi connectivity index (χ2n) is 9.51. The van der Waals surface area contributed by atoms with Crippen LogP contribution >= 0.6 is 0 Å². The summed E-state index contributed by atoms with van der Waals surface area (Å²) in [7, 11) is 4.05. The predicted molar refractivity (Wildman–Crippen MR) is 145 cm³/mol. The highest BCUT2D eigenvalue weighted by molar-refractivity contribution is 5.81. The molecule has 3 heterocycles. The molecule has 0 saturated carbocycles. The quantitative estimate of drug-likeness (QED) is 0.430. The molecule has 4 rings (SSSR count). The lowest BCUT2D eigenvalue weighted by molar-refractivity contribution is 0.127. The Balaban J connectivity index is 1.73. The molecule has 0 amide bonds. The van der Waals surface area contributed by atoms with Crippen LogP contribution in [0.2, 0.25) is 0 Å². The number of hydrogen-bond acceptors (Lipinski definition) is 8. The van der Waals surface area contributed by atoms with Crippen LogP contribution in [0.1, 0.15) is 18.9 Å². The number of aliphatic hydroxyl groups excluding tert-OH is 1. The van der Waals surface area contributed by atoms with Crippen LogP contribution in [0.3, 0.4) is 0 Å². The van der Waals surface area contributed by atoms with Gasteiger partial charge in [-0.3, -0.25) is 14.7 Å². The Labute approximate surface area is 212 Å². The summed E-state index contributed by atoms with van der Waals surface area (Å²) < 4.78 is 7.54. The van der Waals surface area contributed by atoms with Gasteiger partial charge >= 0.3 is 0 Å². The molecule has 1 aliphatic rings. The minimum absolute atomic E-state index is 0.102. The third kappa shape index (κ3) is 5.69. The van der Waals surface area contributed by atoms with Crippen molar-refractivity contribution in [2.45, 2.75) is 26.8 Å². The van der Waals surface area contributed by atoms with Gasteiger partial charge in [-0.2, -0.15) is 0 Å². The van der Waals surface area contributed by atoms with E-state index in [-0.39, 0.29) is 12.2 Å². The molecule has 9 nitrogen and oxygen atoms in total. The van der Waals surface area contributed by atoms with Gasteiger partial charge in [-0.05, 0) is 37.1 Å². The van der Waals surface area contributed by atoms with Gasteiger partial charge in [0.2, 0.25) is 0 Å². The summed E-state index contributed by atoms with van der Waals surface area (Å²) in [6, 6.07) is 8.28. The Morgan fingerprint density at radius 1 is 1.08 bits per heavy atom. The van der Waals surface area contributed by atoms with Crippen LogP contribution in [0.4, 0.5) is 11.5 Å². The summed E-state index contributed by atoms with van der Waals surface area (Å²) in [4.78, 5) is 29.6. The number of anilines is 2. The second kappa shape index (κ2) is 11.8. The second-order valence-corrected chi connectivity index (χ2v) is 9.51. The van der Waals surface area contributed by atoms with Gasteiger partial charge in [-0.15, -0.1) is 0 Å². The van der Waals surface area contributed by atoms with Gasteiger partial charge in [0.25, 0.3) is 5.56 Å². The van der Waals surface area contributed by atoms with Crippen LogP contribution in [0.5, 0.6) is 0 Å². The Kier molecular flexibility index (Phi) is 8.56. The molecule has 2 aromatic heterocycles. The van der Waals surface area contributed by atoms with Crippen LogP contribution in [-0.2, 0) is 11.3 Å². The fraction of sp³-hybridized carbons (Fsp3) is 0.519. The summed E-state index contributed by atoms with van der Waals surface area (Å²) in [6.45, 7) is 9.51. The van der Waals surface area contributed by atoms with Crippen molar-refractivity contribution in [3.63, 3.8) is 0 Å². The highest BCUT2D eigenvalue weighted by Crippen LogP contribution is 2.27. The molecule has 0 unspecified atom stereocenters. The van der Waals surface area contributed by atoms with E-state index in [0.717, 1.165) is 47.5 Å². The number of piperazine rings is 1. The fourth-order valence-electron chi connectivity index (χ4n) is 4.65. The number of β-amino-alcohol motifs (C(OH)–C–C–N with tert-alkyl or cyclic N) is 1. The monoisotopic (exact) mass is 494 g/mol. The lowest BCUT2D eigenvalue weighted by Crippen LogP contribution is -2.49. The van der Waals surface area contributed by atoms with E-state index < -0.39 is 0 Å². The Bertz CT molecular complexity index is 1230. The number of benzene rings is 1. The van der Waals surface area contributed by atoms with Crippen LogP contribution in [0, 0.1) is 6.92 Å². The van der Waals surface area contributed by atoms with Crippen molar-refractivity contribution in [1.82, 2.24) is 19.4 Å². The molecule has 0 atom stereocenters. The van der Waals surface area contributed by atoms with Gasteiger partial charge < -0.3 is 24.2 Å². The van der Waals surface area contributed by atoms with Crippen molar-refractivity contribution in [2.75, 3.05) is 76.4 Å². The summed E-state index contributed by atoms with van der Waals surface area (Å²) in [5.74, 6) is 0.461. The Morgan fingerprint density at radius 2 is 1.86 bits per heavy atom. The standard InChI is InChI=1S/C27H38N6O3/c1-5-15-36-16-13-33-25-18-23(22-7-6-21(30(3)4)17-20(22)2)28-19-24(25)29-26(27(33)35)32-10-8-31(9-11-32)12-14-34/h6-7,17-19,34H,5,8-16H2,1-4H3. The first-order valence-electron chi connectivity index (χ1n) is 12.8. The fourth-order valence-corrected chi connectivity index (χ4v) is 4.65. The molecule has 0 aliphatic carbocycles. The molecular weight excluding hydrogens is 456 g/mol. The third-order valence-electron chi connectivity index (χ3n) is 6.71. The predicted octanol–water partition coefficient (Wildman–Crippen LogP) is 2.37. The maximum Gasteiger partial charge on any atom is 0.294 e. The zero-order chi connectivity index (χ0) is 25.7. The number of pyridine rings is 1. The summed E-state index contributed by atoms with van der Waals surface area (Å²) in [6.07, 6.45) is 2.71. The number of aliphatic hydroxyl groups is 1. The maximum absolute atomic E-state index is 13.7. The summed E-state index contributed by atoms with van der Waals surface area (Å²) >= 11 is 0. The van der Waals surface area contributed by atoms with Gasteiger partial charge in [-0.25, -0.2) is 4.98 Å². The highest BCUT2D eigenvalue weighted by Gasteiger charge is 2.22. The van der Waals surface area contributed by atoms with Gasteiger partial charge in [0.05, 0.1) is 30.6 Å². The number of fused-ring (bicyclic) bond motifs is 1. The minimum atomic E-state index is -0.102. The molecule has 0 spiro atoms. The van der Waals surface area contributed by atoms with E-state index in [1.165, 1.54) is 0 Å². The first-order chi connectivity index (χ1) is 17.4. The van der Waals surface area contributed by atoms with E-state index in [9.17, 15) is 9.90 Å². The molecule has 9 heteroatoms. The normalized spacial score (nSPS) is 14.5. The summed E-state index contributed by atoms with van der Waals surface area (Å²) in [5, 5.41) is 9.24. The van der Waals surface area contributed by atoms with Crippen molar-refractivity contribution in [3.8, 4) is 11.3 Å². The van der Waals surface area contributed by atoms with Crippen molar-refractivity contribution in [1.29, 1.82) is 0 Å². The molecular formula is C27H38N6O3. The Hall–Kier alpha value is -3.01. The van der Waals surface area contributed by atoms with Crippen molar-refractivity contribution >= 4 is 22.5 Å². The minimum Gasteiger partial charge on any atom is -0.395 e. The number of ether oxygens (including phenoxy) is 1. The maximum atomic E-state index is 13.7. The largest absolute Gasteiger partial charge is 0.395 e. The van der Waals surface area contributed by atoms with Crippen LogP contribution in [-0.4, -0.2) is 91.2 Å². The molecule has 1 fully saturated rings. The van der Waals surface area contributed by atoms with Crippen LogP contribution < -0.4 is 15.4 Å². The molecule has 1 aromatic carbocycles. The van der Waals surface area contributed by atoms with Crippen LogP contribution in [0.15, 0.2) is 35.3 Å². The molecule has 36 heavy (non-hydrogen) atoms. The van der Waals surface area contributed by atoms with Crippen molar-refractivity contribution in [3.05, 3.63) is 46.4 Å². The average molecular weight is 495 g/mol. The molecule has 0 bridgehead atoms. The van der Waals surface area contributed by atoms with Crippen molar-refractivity contribution < 1.29 is 9.84 Å². The number of hydrogen-bond donors (Lipinski definition) is 1. The first-order valence-corrected chi connectivity index (χ1v) is 12.8. The van der Waals surface area contributed by atoms with E-state index in [1.807, 2.05) is 20.2 Å². The van der Waals surface area contributed by atoms with Gasteiger partial charge in [0.1, 0.15) is 5.52 Å². The number of aromatic nitrogens is 3. The molecule has 194 valence electrons. The van der Waals surface area contributed by atoms with E-state index in [1.54, 1.807) is 10.8 Å². The number of nitrogens with zero attached hydrogens (tertiary/aromatic N) is 6. The molecule has 1 aliphatic heterocycles. The SMILES string of the molecule is CCCOCCn1c(=O)c(N2CCN(CCO)CC2)nc2cnc(-c3ccc(N(C)C)cc3C)cc21. The van der Waals surface area contributed by atoms with E-state index in [4.69, 9.17) is 14.7 Å². The summed E-state index contributed by atoms with van der Waals surface area (Å²) in [5.41, 5.74) is 5.47. The molecule has 3 aromatic rings. The van der Waals surface area contributed by atoms with Crippen LogP contribution in [0.25, 0.3) is 22.3 Å². The lowest BCUT2D eigenvalue weighted by Gasteiger charge is -2.34. The average Bonchev–Trinajstić information content (AvgIpc) is 2.88. The zero-order valence-electron chi connectivity index (χ0n) is 21.9. The first kappa shape index (κ1) is 26.1. The smallest absolute Gasteiger partial charge is 0.294 e. The highest BCUT2D eigenvalue weighted by atomic mass is 16.5. The van der Waals surface area contributed by atoms with Crippen molar-refractivity contribution in [2.24, 2.45) is 0 Å². The van der Waals surface area contributed by atoms with E-state index >= 15 is 0 Å². The molecule has 0 radical (unpaired) electrons. The molecule has 1 N–H and O–H groups in total. The zero-order valence-corrected chi connectivity index (χ0v) is 21.9. The lowest BCUT2D eigenvalue weighted by atomic mass is 10.0.